The number of aromatic nitrogens is 1. The summed E-state index contributed by atoms with van der Waals surface area (Å²) in [7, 11) is 0. The van der Waals surface area contributed by atoms with E-state index in [0.29, 0.717) is 5.82 Å². The van der Waals surface area contributed by atoms with Crippen molar-refractivity contribution in [1.29, 1.82) is 0 Å². The summed E-state index contributed by atoms with van der Waals surface area (Å²) in [4.78, 5) is 3.92. The van der Waals surface area contributed by atoms with Crippen LogP contribution in [0.1, 0.15) is 39.2 Å². The van der Waals surface area contributed by atoms with Gasteiger partial charge in [0.1, 0.15) is 5.82 Å². The number of nitrogens with two attached hydrogens (primary N) is 1. The van der Waals surface area contributed by atoms with Gasteiger partial charge in [0.25, 0.3) is 0 Å². The second-order valence-corrected chi connectivity index (χ2v) is 2.82. The minimum absolute atomic E-state index is 0.560. The number of pyridine rings is 1. The summed E-state index contributed by atoms with van der Waals surface area (Å²) < 4.78 is 0. The zero-order chi connectivity index (χ0) is 11.0. The third-order valence-corrected chi connectivity index (χ3v) is 1.74. The molecule has 1 aromatic heterocycles. The first kappa shape index (κ1) is 12.7. The molecule has 0 unspecified atom stereocenters. The van der Waals surface area contributed by atoms with Gasteiger partial charge < -0.3 is 5.73 Å². The van der Waals surface area contributed by atoms with Gasteiger partial charge in [0.2, 0.25) is 0 Å². The molecular formula is C12H20N2. The normalized spacial score (nSPS) is 8.79. The van der Waals surface area contributed by atoms with E-state index in [-0.39, 0.29) is 0 Å². The van der Waals surface area contributed by atoms with E-state index in [1.165, 1.54) is 0 Å². The number of hydrogen-bond acceptors (Lipinski definition) is 2. The highest BCUT2D eigenvalue weighted by Gasteiger charge is 1.97. The third-order valence-electron chi connectivity index (χ3n) is 1.74. The zero-order valence-electron chi connectivity index (χ0n) is 9.38. The molecule has 2 N–H and O–H groups in total. The average molecular weight is 192 g/mol. The number of hydrogen-bond donors (Lipinski definition) is 1. The predicted molar refractivity (Wildman–Crippen MR) is 63.9 cm³/mol. The average Bonchev–Trinajstić information content (AvgIpc) is 2.21. The molecule has 0 spiro atoms. The Labute approximate surface area is 86.9 Å². The van der Waals surface area contributed by atoms with Gasteiger partial charge in [0.05, 0.1) is 0 Å². The molecule has 1 aromatic rings. The van der Waals surface area contributed by atoms with Gasteiger partial charge in [0, 0.05) is 6.20 Å². The zero-order valence-corrected chi connectivity index (χ0v) is 9.38. The maximum Gasteiger partial charge on any atom is 0.123 e. The van der Waals surface area contributed by atoms with Crippen LogP contribution >= 0.6 is 0 Å². The molecule has 0 saturated heterocycles. The number of nitrogens with zero attached hydrogens (tertiary/aromatic N) is 1. The van der Waals surface area contributed by atoms with Crippen molar-refractivity contribution in [2.45, 2.75) is 33.6 Å². The first-order chi connectivity index (χ1) is 6.74. The van der Waals surface area contributed by atoms with E-state index in [0.717, 1.165) is 24.0 Å². The Morgan fingerprint density at radius 1 is 1.50 bits per heavy atom. The Kier molecular flexibility index (Phi) is 6.46. The topological polar surface area (TPSA) is 38.9 Å². The Hall–Kier alpha value is -1.31. The van der Waals surface area contributed by atoms with E-state index in [1.54, 1.807) is 6.20 Å². The van der Waals surface area contributed by atoms with Crippen molar-refractivity contribution >= 4 is 11.4 Å². The molecule has 2 nitrogen and oxygen atoms in total. The van der Waals surface area contributed by atoms with Gasteiger partial charge in [-0.05, 0) is 29.7 Å². The molecule has 0 amide bonds. The maximum absolute atomic E-state index is 5.54. The lowest BCUT2D eigenvalue weighted by Crippen LogP contribution is -1.91. The molecule has 2 heteroatoms. The molecule has 0 aliphatic rings. The fourth-order valence-corrected chi connectivity index (χ4v) is 1.11. The van der Waals surface area contributed by atoms with Crippen molar-refractivity contribution in [2.75, 3.05) is 5.73 Å². The fourth-order valence-electron chi connectivity index (χ4n) is 1.11. The van der Waals surface area contributed by atoms with Gasteiger partial charge >= 0.3 is 0 Å². The second kappa shape index (κ2) is 7.13. The molecule has 14 heavy (non-hydrogen) atoms. The molecule has 0 aliphatic heterocycles. The van der Waals surface area contributed by atoms with Crippen LogP contribution in [0.2, 0.25) is 0 Å². The highest BCUT2D eigenvalue weighted by Crippen LogP contribution is 2.17. The minimum atomic E-state index is 0.560. The molecule has 1 heterocycles. The van der Waals surface area contributed by atoms with Crippen LogP contribution in [0.25, 0.3) is 5.57 Å². The van der Waals surface area contributed by atoms with Crippen LogP contribution in [-0.4, -0.2) is 4.98 Å². The SMILES string of the molecule is C=C(CCC)c1ccnc(N)c1.CC. The molecule has 0 bridgehead atoms. The van der Waals surface area contributed by atoms with Crippen molar-refractivity contribution in [3.05, 3.63) is 30.5 Å². The molecular weight excluding hydrogens is 172 g/mol. The van der Waals surface area contributed by atoms with Crippen molar-refractivity contribution in [2.24, 2.45) is 0 Å². The predicted octanol–water partition coefficient (Wildman–Crippen LogP) is 3.50. The summed E-state index contributed by atoms with van der Waals surface area (Å²) >= 11 is 0. The largest absolute Gasteiger partial charge is 0.384 e. The summed E-state index contributed by atoms with van der Waals surface area (Å²) in [5.74, 6) is 0.560. The number of anilines is 1. The molecule has 78 valence electrons. The molecule has 0 atom stereocenters. The summed E-state index contributed by atoms with van der Waals surface area (Å²) in [6.07, 6.45) is 3.84. The molecule has 0 aliphatic carbocycles. The monoisotopic (exact) mass is 192 g/mol. The first-order valence-corrected chi connectivity index (χ1v) is 5.13. The van der Waals surface area contributed by atoms with Crippen molar-refractivity contribution in [3.63, 3.8) is 0 Å². The Morgan fingerprint density at radius 3 is 2.64 bits per heavy atom. The van der Waals surface area contributed by atoms with Crippen molar-refractivity contribution in [1.82, 2.24) is 4.98 Å². The smallest absolute Gasteiger partial charge is 0.123 e. The standard InChI is InChI=1S/C10H14N2.C2H6/c1-3-4-8(2)9-5-6-12-10(11)7-9;1-2/h5-7H,2-4H2,1H3,(H2,11,12);1-2H3. The lowest BCUT2D eigenvalue weighted by molar-refractivity contribution is 0.975. The summed E-state index contributed by atoms with van der Waals surface area (Å²) in [5, 5.41) is 0. The molecule has 0 saturated carbocycles. The molecule has 1 rings (SSSR count). The van der Waals surface area contributed by atoms with Crippen LogP contribution in [0.15, 0.2) is 24.9 Å². The maximum atomic E-state index is 5.54. The quantitative estimate of drug-likeness (QED) is 0.796. The van der Waals surface area contributed by atoms with E-state index in [9.17, 15) is 0 Å². The van der Waals surface area contributed by atoms with Crippen molar-refractivity contribution < 1.29 is 0 Å². The lowest BCUT2D eigenvalue weighted by Gasteiger charge is -2.03. The summed E-state index contributed by atoms with van der Waals surface area (Å²) in [6.45, 7) is 10.1. The second-order valence-electron chi connectivity index (χ2n) is 2.82. The highest BCUT2D eigenvalue weighted by molar-refractivity contribution is 5.64. The lowest BCUT2D eigenvalue weighted by atomic mass is 10.0. The van der Waals surface area contributed by atoms with Crippen LogP contribution in [0, 0.1) is 0 Å². The summed E-state index contributed by atoms with van der Waals surface area (Å²) in [5.41, 5.74) is 7.77. The van der Waals surface area contributed by atoms with E-state index in [4.69, 9.17) is 5.73 Å². The highest BCUT2D eigenvalue weighted by atomic mass is 14.8. The number of allylic oxidation sites excluding steroid dienone is 1. The van der Waals surface area contributed by atoms with Crippen LogP contribution in [0.4, 0.5) is 5.82 Å². The Bertz CT molecular complexity index is 279. The van der Waals surface area contributed by atoms with E-state index in [1.807, 2.05) is 26.0 Å². The van der Waals surface area contributed by atoms with Crippen LogP contribution in [-0.2, 0) is 0 Å². The third kappa shape index (κ3) is 4.08. The van der Waals surface area contributed by atoms with Crippen LogP contribution in [0.3, 0.4) is 0 Å². The van der Waals surface area contributed by atoms with Gasteiger partial charge in [-0.1, -0.05) is 33.8 Å². The van der Waals surface area contributed by atoms with Gasteiger partial charge in [-0.15, -0.1) is 0 Å². The first-order valence-electron chi connectivity index (χ1n) is 5.13. The van der Waals surface area contributed by atoms with Crippen LogP contribution < -0.4 is 5.73 Å². The van der Waals surface area contributed by atoms with E-state index >= 15 is 0 Å². The van der Waals surface area contributed by atoms with Crippen LogP contribution in [0.5, 0.6) is 0 Å². The minimum Gasteiger partial charge on any atom is -0.384 e. The fraction of sp³-hybridized carbons (Fsp3) is 0.417. The number of nitrogen functional groups attached to an aromatic ring is 1. The Morgan fingerprint density at radius 2 is 2.14 bits per heavy atom. The number of rotatable bonds is 3. The molecule has 0 radical (unpaired) electrons. The van der Waals surface area contributed by atoms with Gasteiger partial charge in [0.15, 0.2) is 0 Å². The Balaban J connectivity index is 0.000000791. The van der Waals surface area contributed by atoms with Crippen molar-refractivity contribution in [3.8, 4) is 0 Å². The molecule has 0 aromatic carbocycles. The van der Waals surface area contributed by atoms with Gasteiger partial charge in [-0.25, -0.2) is 4.98 Å². The molecule has 0 fully saturated rings. The van der Waals surface area contributed by atoms with E-state index in [2.05, 4.69) is 18.5 Å². The van der Waals surface area contributed by atoms with Gasteiger partial charge in [-0.3, -0.25) is 0 Å². The van der Waals surface area contributed by atoms with Gasteiger partial charge in [-0.2, -0.15) is 0 Å². The summed E-state index contributed by atoms with van der Waals surface area (Å²) in [6, 6.07) is 3.80. The van der Waals surface area contributed by atoms with E-state index < -0.39 is 0 Å².